The van der Waals surface area contributed by atoms with Gasteiger partial charge in [0.1, 0.15) is 0 Å². The monoisotopic (exact) mass is 514 g/mol. The summed E-state index contributed by atoms with van der Waals surface area (Å²) in [6.45, 7) is 4.17. The van der Waals surface area contributed by atoms with Gasteiger partial charge >= 0.3 is 6.03 Å². The van der Waals surface area contributed by atoms with E-state index in [0.717, 1.165) is 41.8 Å². The first kappa shape index (κ1) is 24.9. The Hall–Kier alpha value is -3.75. The van der Waals surface area contributed by atoms with Crippen molar-refractivity contribution in [2.75, 3.05) is 11.9 Å². The zero-order chi connectivity index (χ0) is 25.8. The number of dihydropyridines is 1. The zero-order valence-electron chi connectivity index (χ0n) is 20.7. The number of nitrogens with zero attached hydrogens (tertiary/aromatic N) is 1. The van der Waals surface area contributed by atoms with Gasteiger partial charge in [-0.15, -0.1) is 0 Å². The van der Waals surface area contributed by atoms with Gasteiger partial charge in [0, 0.05) is 31.4 Å². The molecular formula is C29H30N4O3S. The molecule has 2 heterocycles. The van der Waals surface area contributed by atoms with Gasteiger partial charge in [0.05, 0.1) is 22.4 Å². The van der Waals surface area contributed by atoms with Crippen LogP contribution in [0.15, 0.2) is 82.7 Å². The van der Waals surface area contributed by atoms with Gasteiger partial charge in [-0.1, -0.05) is 54.6 Å². The zero-order valence-corrected chi connectivity index (χ0v) is 21.5. The van der Waals surface area contributed by atoms with E-state index in [0.29, 0.717) is 17.8 Å². The summed E-state index contributed by atoms with van der Waals surface area (Å²) >= 11 is 0. The molecule has 190 valence electrons. The van der Waals surface area contributed by atoms with Crippen LogP contribution in [0, 0.1) is 0 Å². The van der Waals surface area contributed by atoms with Crippen LogP contribution in [-0.4, -0.2) is 27.2 Å². The van der Waals surface area contributed by atoms with Crippen molar-refractivity contribution in [2.45, 2.75) is 43.1 Å². The third kappa shape index (κ3) is 5.81. The predicted octanol–water partition coefficient (Wildman–Crippen LogP) is 5.00. The molecule has 1 unspecified atom stereocenters. The Balaban J connectivity index is 1.40. The number of anilines is 1. The van der Waals surface area contributed by atoms with E-state index in [-0.39, 0.29) is 22.7 Å². The number of amides is 2. The van der Waals surface area contributed by atoms with Crippen molar-refractivity contribution in [1.29, 1.82) is 0 Å². The molecule has 2 amide bonds. The Morgan fingerprint density at radius 2 is 1.84 bits per heavy atom. The fourth-order valence-corrected chi connectivity index (χ4v) is 6.03. The fraction of sp³-hybridized carbons (Fsp3) is 0.241. The summed E-state index contributed by atoms with van der Waals surface area (Å²) in [6.07, 6.45) is 4.50. The average Bonchev–Trinajstić information content (AvgIpc) is 3.37. The van der Waals surface area contributed by atoms with E-state index < -0.39 is 9.84 Å². The van der Waals surface area contributed by atoms with Gasteiger partial charge in [0.25, 0.3) is 0 Å². The SMILES string of the molecule is CC(NC(=O)Nc1ccc(S(=O)(=O)Cc2ccc3c(c2)CNC3)cc1C1=CCCN=C1)c1ccccc1. The highest BCUT2D eigenvalue weighted by Gasteiger charge is 2.21. The first-order valence-electron chi connectivity index (χ1n) is 12.4. The molecule has 1 atom stereocenters. The molecule has 7 nitrogen and oxygen atoms in total. The second kappa shape index (κ2) is 10.7. The minimum Gasteiger partial charge on any atom is -0.331 e. The molecule has 37 heavy (non-hydrogen) atoms. The number of allylic oxidation sites excluding steroid dienone is 1. The maximum Gasteiger partial charge on any atom is 0.319 e. The molecular weight excluding hydrogens is 484 g/mol. The number of carbonyl (C=O) groups excluding carboxylic acids is 1. The number of sulfone groups is 1. The lowest BCUT2D eigenvalue weighted by molar-refractivity contribution is 0.249. The largest absolute Gasteiger partial charge is 0.331 e. The summed E-state index contributed by atoms with van der Waals surface area (Å²) in [5, 5.41) is 9.15. The molecule has 2 aliphatic rings. The highest BCUT2D eigenvalue weighted by Crippen LogP contribution is 2.30. The third-order valence-corrected chi connectivity index (χ3v) is 8.35. The summed E-state index contributed by atoms with van der Waals surface area (Å²) in [6, 6.07) is 19.8. The first-order valence-corrected chi connectivity index (χ1v) is 14.1. The van der Waals surface area contributed by atoms with Gasteiger partial charge in [0.2, 0.25) is 0 Å². The predicted molar refractivity (Wildman–Crippen MR) is 147 cm³/mol. The first-order chi connectivity index (χ1) is 17.9. The van der Waals surface area contributed by atoms with Gasteiger partial charge in [-0.3, -0.25) is 4.99 Å². The second-order valence-electron chi connectivity index (χ2n) is 9.39. The maximum absolute atomic E-state index is 13.4. The van der Waals surface area contributed by atoms with E-state index in [1.54, 1.807) is 24.4 Å². The molecule has 0 radical (unpaired) electrons. The number of nitrogens with one attached hydrogen (secondary N) is 3. The molecule has 3 N–H and O–H groups in total. The molecule has 0 saturated carbocycles. The van der Waals surface area contributed by atoms with Crippen LogP contribution in [0.2, 0.25) is 0 Å². The van der Waals surface area contributed by atoms with E-state index in [1.165, 1.54) is 5.56 Å². The molecule has 0 aromatic heterocycles. The van der Waals surface area contributed by atoms with Crippen LogP contribution < -0.4 is 16.0 Å². The van der Waals surface area contributed by atoms with Crippen molar-refractivity contribution in [3.8, 4) is 0 Å². The lowest BCUT2D eigenvalue weighted by Crippen LogP contribution is -2.31. The normalized spacial score (nSPS) is 15.5. The van der Waals surface area contributed by atoms with Crippen LogP contribution in [0.3, 0.4) is 0 Å². The van der Waals surface area contributed by atoms with Gasteiger partial charge in [-0.2, -0.15) is 0 Å². The summed E-state index contributed by atoms with van der Waals surface area (Å²) in [5.74, 6) is -0.0886. The van der Waals surface area contributed by atoms with E-state index in [9.17, 15) is 13.2 Å². The third-order valence-electron chi connectivity index (χ3n) is 6.67. The van der Waals surface area contributed by atoms with Crippen molar-refractivity contribution in [3.63, 3.8) is 0 Å². The van der Waals surface area contributed by atoms with E-state index in [4.69, 9.17) is 0 Å². The van der Waals surface area contributed by atoms with Crippen molar-refractivity contribution >= 4 is 33.3 Å². The number of carbonyl (C=O) groups is 1. The molecule has 8 heteroatoms. The Labute approximate surface area is 217 Å². The van der Waals surface area contributed by atoms with Crippen LogP contribution in [0.1, 0.15) is 47.2 Å². The van der Waals surface area contributed by atoms with Crippen LogP contribution in [-0.2, 0) is 28.7 Å². The number of urea groups is 1. The molecule has 0 saturated heterocycles. The number of aliphatic imine (C=N–C) groups is 1. The van der Waals surface area contributed by atoms with Gasteiger partial charge < -0.3 is 16.0 Å². The molecule has 2 aliphatic heterocycles. The topological polar surface area (TPSA) is 99.7 Å². The number of benzene rings is 3. The van der Waals surface area contributed by atoms with Crippen LogP contribution >= 0.6 is 0 Å². The molecule has 0 spiro atoms. The summed E-state index contributed by atoms with van der Waals surface area (Å²) in [5.41, 5.74) is 6.06. The smallest absolute Gasteiger partial charge is 0.319 e. The van der Waals surface area contributed by atoms with Crippen LogP contribution in [0.25, 0.3) is 5.57 Å². The molecule has 3 aromatic carbocycles. The van der Waals surface area contributed by atoms with Gasteiger partial charge in [-0.05, 0) is 59.4 Å². The molecule has 0 aliphatic carbocycles. The van der Waals surface area contributed by atoms with Crippen molar-refractivity contribution < 1.29 is 13.2 Å². The molecule has 0 fully saturated rings. The van der Waals surface area contributed by atoms with E-state index >= 15 is 0 Å². The highest BCUT2D eigenvalue weighted by molar-refractivity contribution is 7.90. The second-order valence-corrected chi connectivity index (χ2v) is 11.4. The number of hydrogen-bond donors (Lipinski definition) is 3. The number of rotatable bonds is 7. The summed E-state index contributed by atoms with van der Waals surface area (Å²) < 4.78 is 26.8. The van der Waals surface area contributed by atoms with Gasteiger partial charge in [-0.25, -0.2) is 13.2 Å². The molecule has 0 bridgehead atoms. The Bertz CT molecular complexity index is 1480. The van der Waals surface area contributed by atoms with Crippen LogP contribution in [0.4, 0.5) is 10.5 Å². The number of hydrogen-bond acceptors (Lipinski definition) is 5. The Morgan fingerprint density at radius 3 is 2.62 bits per heavy atom. The van der Waals surface area contributed by atoms with Gasteiger partial charge in [0.15, 0.2) is 9.84 Å². The number of fused-ring (bicyclic) bond motifs is 1. The maximum atomic E-state index is 13.4. The lowest BCUT2D eigenvalue weighted by Gasteiger charge is -2.18. The summed E-state index contributed by atoms with van der Waals surface area (Å²) in [4.78, 5) is 17.4. The van der Waals surface area contributed by atoms with Crippen molar-refractivity contribution in [2.24, 2.45) is 4.99 Å². The lowest BCUT2D eigenvalue weighted by atomic mass is 10.0. The van der Waals surface area contributed by atoms with Crippen molar-refractivity contribution in [1.82, 2.24) is 10.6 Å². The minimum absolute atomic E-state index is 0.0886. The van der Waals surface area contributed by atoms with Crippen molar-refractivity contribution in [3.05, 3.63) is 101 Å². The summed E-state index contributed by atoms with van der Waals surface area (Å²) in [7, 11) is -3.61. The van der Waals surface area contributed by atoms with E-state index in [1.807, 2.05) is 61.5 Å². The fourth-order valence-electron chi connectivity index (χ4n) is 4.68. The minimum atomic E-state index is -3.61. The molecule has 3 aromatic rings. The Morgan fingerprint density at radius 1 is 1.03 bits per heavy atom. The average molecular weight is 515 g/mol. The van der Waals surface area contributed by atoms with Crippen LogP contribution in [0.5, 0.6) is 0 Å². The quantitative estimate of drug-likeness (QED) is 0.413. The molecule has 5 rings (SSSR count). The van der Waals surface area contributed by atoms with E-state index in [2.05, 4.69) is 20.9 Å². The highest BCUT2D eigenvalue weighted by atomic mass is 32.2. The Kier molecular flexibility index (Phi) is 7.21. The standard InChI is InChI=1S/C29H30N4O3S/c1-20(22-6-3-2-4-7-22)32-29(34)33-28-12-11-26(15-27(28)24-8-5-13-30-17-24)37(35,36)19-21-9-10-23-16-31-18-25(23)14-21/h2-4,6-12,14-15,17,20,31H,5,13,16,18-19H2,1H3,(H2,32,33,34).